The van der Waals surface area contributed by atoms with Crippen LogP contribution >= 0.6 is 0 Å². The number of carbonyl (C=O) groups is 3. The third-order valence-corrected chi connectivity index (χ3v) is 3.22. The Kier molecular flexibility index (Phi) is 3.60. The molecule has 0 spiro atoms. The van der Waals surface area contributed by atoms with E-state index in [-0.39, 0.29) is 12.8 Å². The van der Waals surface area contributed by atoms with E-state index in [4.69, 9.17) is 9.84 Å². The van der Waals surface area contributed by atoms with Crippen LogP contribution < -0.4 is 15.4 Å². The molecule has 1 atom stereocenters. The van der Waals surface area contributed by atoms with Crippen molar-refractivity contribution in [3.63, 3.8) is 0 Å². The van der Waals surface area contributed by atoms with Crippen LogP contribution in [-0.4, -0.2) is 30.1 Å². The minimum atomic E-state index is -1.37. The van der Waals surface area contributed by atoms with Crippen LogP contribution in [0.5, 0.6) is 5.75 Å². The van der Waals surface area contributed by atoms with Gasteiger partial charge in [0.15, 0.2) is 0 Å². The van der Waals surface area contributed by atoms with E-state index in [1.54, 1.807) is 24.3 Å². The molecule has 1 aliphatic rings. The first-order chi connectivity index (χ1) is 9.48. The maximum atomic E-state index is 12.1. The Morgan fingerprint density at radius 1 is 1.40 bits per heavy atom. The van der Waals surface area contributed by atoms with Crippen LogP contribution in [-0.2, 0) is 15.1 Å². The molecule has 1 fully saturated rings. The van der Waals surface area contributed by atoms with E-state index in [1.165, 1.54) is 7.11 Å². The normalized spacial score (nSPS) is 21.2. The molecule has 0 saturated carbocycles. The highest BCUT2D eigenvalue weighted by Crippen LogP contribution is 2.32. The molecule has 1 heterocycles. The number of rotatable bonds is 5. The summed E-state index contributed by atoms with van der Waals surface area (Å²) in [6.45, 7) is 0. The zero-order valence-electron chi connectivity index (χ0n) is 10.8. The van der Waals surface area contributed by atoms with E-state index in [2.05, 4.69) is 10.6 Å². The third-order valence-electron chi connectivity index (χ3n) is 3.22. The van der Waals surface area contributed by atoms with Crippen LogP contribution in [0, 0.1) is 0 Å². The smallest absolute Gasteiger partial charge is 0.322 e. The second kappa shape index (κ2) is 5.20. The fraction of sp³-hybridized carbons (Fsp3) is 0.308. The van der Waals surface area contributed by atoms with Crippen molar-refractivity contribution in [3.8, 4) is 5.75 Å². The lowest BCUT2D eigenvalue weighted by atomic mass is 9.85. The van der Waals surface area contributed by atoms with Crippen molar-refractivity contribution in [3.05, 3.63) is 29.8 Å². The second-order valence-electron chi connectivity index (χ2n) is 4.44. The fourth-order valence-corrected chi connectivity index (χ4v) is 2.20. The molecule has 1 aromatic carbocycles. The number of carboxylic acids is 1. The molecule has 0 radical (unpaired) electrons. The average Bonchev–Trinajstić information content (AvgIpc) is 2.72. The Morgan fingerprint density at radius 3 is 2.70 bits per heavy atom. The summed E-state index contributed by atoms with van der Waals surface area (Å²) in [5.74, 6) is -1.08. The van der Waals surface area contributed by atoms with Gasteiger partial charge < -0.3 is 15.2 Å². The van der Waals surface area contributed by atoms with Gasteiger partial charge in [-0.3, -0.25) is 14.9 Å². The zero-order valence-corrected chi connectivity index (χ0v) is 10.8. The predicted octanol–water partition coefficient (Wildman–Crippen LogP) is 0.595. The summed E-state index contributed by atoms with van der Waals surface area (Å²) in [5.41, 5.74) is -0.884. The van der Waals surface area contributed by atoms with E-state index in [9.17, 15) is 14.4 Å². The minimum absolute atomic E-state index is 0.0346. The number of hydrogen-bond acceptors (Lipinski definition) is 4. The van der Waals surface area contributed by atoms with Crippen LogP contribution in [0.1, 0.15) is 18.4 Å². The summed E-state index contributed by atoms with van der Waals surface area (Å²) in [6, 6.07) is 5.99. The van der Waals surface area contributed by atoms with Gasteiger partial charge in [0.05, 0.1) is 7.11 Å². The molecule has 7 nitrogen and oxygen atoms in total. The van der Waals surface area contributed by atoms with Crippen LogP contribution in [0.3, 0.4) is 0 Å². The van der Waals surface area contributed by atoms with Crippen LogP contribution in [0.15, 0.2) is 24.3 Å². The van der Waals surface area contributed by atoms with Gasteiger partial charge in [-0.05, 0) is 24.1 Å². The molecule has 3 N–H and O–H groups in total. The van der Waals surface area contributed by atoms with Gasteiger partial charge in [0.2, 0.25) is 0 Å². The number of imide groups is 1. The van der Waals surface area contributed by atoms with Crippen molar-refractivity contribution in [2.75, 3.05) is 7.11 Å². The van der Waals surface area contributed by atoms with E-state index in [1.807, 2.05) is 0 Å². The Balaban J connectivity index is 2.42. The lowest BCUT2D eigenvalue weighted by Gasteiger charge is -2.26. The summed E-state index contributed by atoms with van der Waals surface area (Å²) in [6.07, 6.45) is -0.280. The molecule has 0 aromatic heterocycles. The molecule has 0 bridgehead atoms. The summed E-state index contributed by atoms with van der Waals surface area (Å²) >= 11 is 0. The first-order valence-corrected chi connectivity index (χ1v) is 5.98. The molecule has 20 heavy (non-hydrogen) atoms. The lowest BCUT2D eigenvalue weighted by Crippen LogP contribution is -2.44. The minimum Gasteiger partial charge on any atom is -0.497 e. The van der Waals surface area contributed by atoms with Gasteiger partial charge in [0, 0.05) is 6.42 Å². The molecule has 1 aliphatic heterocycles. The number of benzene rings is 1. The Hall–Kier alpha value is -2.57. The lowest BCUT2D eigenvalue weighted by molar-refractivity contribution is -0.137. The van der Waals surface area contributed by atoms with Gasteiger partial charge in [-0.25, -0.2) is 4.79 Å². The standard InChI is InChI=1S/C13H14N2O5/c1-20-9-4-2-3-8(7-9)13(6-5-10(16)17)11(18)14-12(19)15-13/h2-4,7H,5-6H2,1H3,(H,16,17)(H2,14,15,18,19). The number of carbonyl (C=O) groups excluding carboxylic acids is 2. The molecule has 0 aliphatic carbocycles. The first-order valence-electron chi connectivity index (χ1n) is 5.98. The molecule has 1 saturated heterocycles. The zero-order chi connectivity index (χ0) is 14.8. The number of ether oxygens (including phenoxy) is 1. The van der Waals surface area contributed by atoms with E-state index in [0.717, 1.165) is 0 Å². The van der Waals surface area contributed by atoms with Gasteiger partial charge in [-0.2, -0.15) is 0 Å². The number of amides is 3. The molecule has 1 aromatic rings. The Morgan fingerprint density at radius 2 is 2.15 bits per heavy atom. The van der Waals surface area contributed by atoms with Crippen LogP contribution in [0.2, 0.25) is 0 Å². The summed E-state index contributed by atoms with van der Waals surface area (Å²) in [5, 5.41) is 13.5. The summed E-state index contributed by atoms with van der Waals surface area (Å²) < 4.78 is 5.09. The number of carboxylic acid groups (broad SMARTS) is 1. The molecule has 106 valence electrons. The first kappa shape index (κ1) is 13.9. The molecule has 2 rings (SSSR count). The van der Waals surface area contributed by atoms with Crippen molar-refractivity contribution in [1.29, 1.82) is 0 Å². The molecule has 7 heteroatoms. The Bertz CT molecular complexity index is 572. The maximum absolute atomic E-state index is 12.1. The molecule has 1 unspecified atom stereocenters. The van der Waals surface area contributed by atoms with E-state index >= 15 is 0 Å². The number of methoxy groups -OCH3 is 1. The highest BCUT2D eigenvalue weighted by Gasteiger charge is 2.47. The van der Waals surface area contributed by atoms with Gasteiger partial charge in [0.1, 0.15) is 11.3 Å². The molecule has 3 amide bonds. The summed E-state index contributed by atoms with van der Waals surface area (Å²) in [4.78, 5) is 34.3. The number of aliphatic carboxylic acids is 1. The van der Waals surface area contributed by atoms with Crippen LogP contribution in [0.25, 0.3) is 0 Å². The second-order valence-corrected chi connectivity index (χ2v) is 4.44. The van der Waals surface area contributed by atoms with Crippen molar-refractivity contribution in [1.82, 2.24) is 10.6 Å². The SMILES string of the molecule is COc1cccc(C2(CCC(=O)O)NC(=O)NC2=O)c1. The topological polar surface area (TPSA) is 105 Å². The molecular weight excluding hydrogens is 264 g/mol. The highest BCUT2D eigenvalue weighted by molar-refractivity contribution is 6.07. The van der Waals surface area contributed by atoms with Crippen molar-refractivity contribution < 1.29 is 24.2 Å². The van der Waals surface area contributed by atoms with Crippen molar-refractivity contribution >= 4 is 17.9 Å². The van der Waals surface area contributed by atoms with Crippen molar-refractivity contribution in [2.24, 2.45) is 0 Å². The average molecular weight is 278 g/mol. The van der Waals surface area contributed by atoms with Crippen molar-refractivity contribution in [2.45, 2.75) is 18.4 Å². The Labute approximate surface area is 114 Å². The number of nitrogens with one attached hydrogen (secondary N) is 2. The third kappa shape index (κ3) is 2.42. The highest BCUT2D eigenvalue weighted by atomic mass is 16.5. The predicted molar refractivity (Wildman–Crippen MR) is 68.2 cm³/mol. The molecular formula is C13H14N2O5. The maximum Gasteiger partial charge on any atom is 0.322 e. The largest absolute Gasteiger partial charge is 0.497 e. The van der Waals surface area contributed by atoms with Gasteiger partial charge in [-0.1, -0.05) is 12.1 Å². The van der Waals surface area contributed by atoms with Gasteiger partial charge in [0.25, 0.3) is 5.91 Å². The fourth-order valence-electron chi connectivity index (χ4n) is 2.20. The van der Waals surface area contributed by atoms with Gasteiger partial charge >= 0.3 is 12.0 Å². The summed E-state index contributed by atoms with van der Waals surface area (Å²) in [7, 11) is 1.48. The number of urea groups is 1. The quantitative estimate of drug-likeness (QED) is 0.684. The monoisotopic (exact) mass is 278 g/mol. The van der Waals surface area contributed by atoms with E-state index in [0.29, 0.717) is 11.3 Å². The van der Waals surface area contributed by atoms with E-state index < -0.39 is 23.4 Å². The number of hydrogen-bond donors (Lipinski definition) is 3. The van der Waals surface area contributed by atoms with Crippen LogP contribution in [0.4, 0.5) is 4.79 Å². The van der Waals surface area contributed by atoms with Gasteiger partial charge in [-0.15, -0.1) is 0 Å².